The van der Waals surface area contributed by atoms with E-state index < -0.39 is 0 Å². The summed E-state index contributed by atoms with van der Waals surface area (Å²) in [6.45, 7) is 4.62. The zero-order valence-corrected chi connectivity index (χ0v) is 12.9. The van der Waals surface area contributed by atoms with Crippen LogP contribution in [0.3, 0.4) is 0 Å². The number of nitrogens with zero attached hydrogens (tertiary/aromatic N) is 1. The molecule has 2 rings (SSSR count). The topological polar surface area (TPSA) is 49.7 Å². The molecule has 5 heteroatoms. The second-order valence-electron chi connectivity index (χ2n) is 5.28. The van der Waals surface area contributed by atoms with Crippen molar-refractivity contribution in [3.05, 3.63) is 24.4 Å². The Balaban J connectivity index is 2.26. The van der Waals surface area contributed by atoms with E-state index in [-0.39, 0.29) is 12.5 Å². The van der Waals surface area contributed by atoms with Gasteiger partial charge >= 0.3 is 5.97 Å². The fourth-order valence-electron chi connectivity index (χ4n) is 2.11. The van der Waals surface area contributed by atoms with Gasteiger partial charge in [-0.1, -0.05) is 13.8 Å². The second kappa shape index (κ2) is 6.52. The molecule has 0 fully saturated rings. The minimum absolute atomic E-state index is 0.173. The maximum Gasteiger partial charge on any atom is 0.325 e. The van der Waals surface area contributed by atoms with Crippen LogP contribution in [0.2, 0.25) is 0 Å². The van der Waals surface area contributed by atoms with Crippen LogP contribution in [-0.2, 0) is 16.1 Å². The molecule has 0 aliphatic carbocycles. The first-order valence-electron chi connectivity index (χ1n) is 6.91. The Labute approximate surface area is 124 Å². The van der Waals surface area contributed by atoms with Crippen molar-refractivity contribution < 1.29 is 19.0 Å². The molecule has 0 spiro atoms. The van der Waals surface area contributed by atoms with Crippen molar-refractivity contribution >= 4 is 16.9 Å². The van der Waals surface area contributed by atoms with Gasteiger partial charge in [0.25, 0.3) is 0 Å². The quantitative estimate of drug-likeness (QED) is 0.768. The van der Waals surface area contributed by atoms with E-state index in [0.717, 1.165) is 16.7 Å². The minimum Gasteiger partial charge on any atom is -0.497 e. The summed E-state index contributed by atoms with van der Waals surface area (Å²) in [5, 5.41) is 0.940. The molecule has 0 unspecified atom stereocenters. The summed E-state index contributed by atoms with van der Waals surface area (Å²) in [5.41, 5.74) is 0.882. The number of fused-ring (bicyclic) bond motifs is 1. The third-order valence-electron chi connectivity index (χ3n) is 3.16. The van der Waals surface area contributed by atoms with Gasteiger partial charge in [0, 0.05) is 23.7 Å². The number of rotatable bonds is 6. The van der Waals surface area contributed by atoms with Crippen molar-refractivity contribution in [3.8, 4) is 11.5 Å². The van der Waals surface area contributed by atoms with E-state index in [1.807, 2.05) is 42.8 Å². The monoisotopic (exact) mass is 291 g/mol. The standard InChI is InChI=1S/C16H21NO4/c1-11(2)10-21-16(18)9-17-6-5-13-14(17)7-12(19-3)8-15(13)20-4/h5-8,11H,9-10H2,1-4H3. The largest absolute Gasteiger partial charge is 0.497 e. The van der Waals surface area contributed by atoms with E-state index >= 15 is 0 Å². The van der Waals surface area contributed by atoms with E-state index in [1.54, 1.807) is 14.2 Å². The average molecular weight is 291 g/mol. The lowest BCUT2D eigenvalue weighted by Crippen LogP contribution is -2.15. The summed E-state index contributed by atoms with van der Waals surface area (Å²) in [4.78, 5) is 11.9. The van der Waals surface area contributed by atoms with E-state index in [4.69, 9.17) is 14.2 Å². The van der Waals surface area contributed by atoms with Crippen LogP contribution in [0.1, 0.15) is 13.8 Å². The highest BCUT2D eigenvalue weighted by atomic mass is 16.5. The summed E-state index contributed by atoms with van der Waals surface area (Å²) in [7, 11) is 3.22. The molecule has 114 valence electrons. The number of benzene rings is 1. The Kier molecular flexibility index (Phi) is 4.73. The van der Waals surface area contributed by atoms with Gasteiger partial charge in [0.1, 0.15) is 18.0 Å². The van der Waals surface area contributed by atoms with Gasteiger partial charge in [0.2, 0.25) is 0 Å². The van der Waals surface area contributed by atoms with Crippen LogP contribution in [0.4, 0.5) is 0 Å². The van der Waals surface area contributed by atoms with Crippen molar-refractivity contribution in [2.75, 3.05) is 20.8 Å². The molecule has 0 N–H and O–H groups in total. The van der Waals surface area contributed by atoms with E-state index in [0.29, 0.717) is 18.3 Å². The smallest absolute Gasteiger partial charge is 0.325 e. The SMILES string of the molecule is COc1cc(OC)c2ccn(CC(=O)OCC(C)C)c2c1. The van der Waals surface area contributed by atoms with Crippen molar-refractivity contribution in [2.45, 2.75) is 20.4 Å². The van der Waals surface area contributed by atoms with Crippen LogP contribution in [0.25, 0.3) is 10.9 Å². The Morgan fingerprint density at radius 1 is 1.24 bits per heavy atom. The lowest BCUT2D eigenvalue weighted by atomic mass is 10.2. The summed E-state index contributed by atoms with van der Waals surface area (Å²) >= 11 is 0. The molecule has 1 heterocycles. The molecular weight excluding hydrogens is 270 g/mol. The molecule has 21 heavy (non-hydrogen) atoms. The number of carbonyl (C=O) groups is 1. The molecule has 0 saturated carbocycles. The van der Waals surface area contributed by atoms with Crippen molar-refractivity contribution in [2.24, 2.45) is 5.92 Å². The maximum absolute atomic E-state index is 11.9. The van der Waals surface area contributed by atoms with Gasteiger partial charge in [0.15, 0.2) is 0 Å². The van der Waals surface area contributed by atoms with Crippen LogP contribution in [0.5, 0.6) is 11.5 Å². The van der Waals surface area contributed by atoms with E-state index in [9.17, 15) is 4.79 Å². The molecule has 0 amide bonds. The van der Waals surface area contributed by atoms with Crippen molar-refractivity contribution in [1.29, 1.82) is 0 Å². The molecular formula is C16H21NO4. The number of aromatic nitrogens is 1. The highest BCUT2D eigenvalue weighted by Gasteiger charge is 2.12. The summed E-state index contributed by atoms with van der Waals surface area (Å²) in [5.74, 6) is 1.49. The first-order valence-corrected chi connectivity index (χ1v) is 6.91. The molecule has 0 aliphatic rings. The fourth-order valence-corrected chi connectivity index (χ4v) is 2.11. The first kappa shape index (κ1) is 15.2. The van der Waals surface area contributed by atoms with Crippen LogP contribution in [0.15, 0.2) is 24.4 Å². The normalized spacial score (nSPS) is 10.9. The molecule has 0 radical (unpaired) electrons. The van der Waals surface area contributed by atoms with Crippen LogP contribution >= 0.6 is 0 Å². The number of hydrogen-bond donors (Lipinski definition) is 0. The molecule has 0 aliphatic heterocycles. The second-order valence-corrected chi connectivity index (χ2v) is 5.28. The predicted octanol–water partition coefficient (Wildman–Crippen LogP) is 2.86. The van der Waals surface area contributed by atoms with Gasteiger partial charge in [-0.15, -0.1) is 0 Å². The molecule has 2 aromatic rings. The van der Waals surface area contributed by atoms with Gasteiger partial charge in [-0.2, -0.15) is 0 Å². The van der Waals surface area contributed by atoms with Gasteiger partial charge in [-0.3, -0.25) is 4.79 Å². The molecule has 5 nitrogen and oxygen atoms in total. The Morgan fingerprint density at radius 2 is 2.00 bits per heavy atom. The molecule has 0 bridgehead atoms. The van der Waals surface area contributed by atoms with Crippen LogP contribution < -0.4 is 9.47 Å². The van der Waals surface area contributed by atoms with Gasteiger partial charge in [-0.25, -0.2) is 0 Å². The lowest BCUT2D eigenvalue weighted by Gasteiger charge is -2.10. The Bertz CT molecular complexity index is 630. The van der Waals surface area contributed by atoms with Crippen LogP contribution in [0, 0.1) is 5.92 Å². The number of hydrogen-bond acceptors (Lipinski definition) is 4. The summed E-state index contributed by atoms with van der Waals surface area (Å²) < 4.78 is 17.7. The van der Waals surface area contributed by atoms with Gasteiger partial charge in [0.05, 0.1) is 26.3 Å². The molecule has 1 aromatic carbocycles. The number of ether oxygens (including phenoxy) is 3. The third kappa shape index (κ3) is 3.48. The van der Waals surface area contributed by atoms with E-state index in [1.165, 1.54) is 0 Å². The van der Waals surface area contributed by atoms with Crippen molar-refractivity contribution in [1.82, 2.24) is 4.57 Å². The van der Waals surface area contributed by atoms with Gasteiger partial charge in [-0.05, 0) is 12.0 Å². The molecule has 1 aromatic heterocycles. The summed E-state index contributed by atoms with van der Waals surface area (Å²) in [6, 6.07) is 5.63. The highest BCUT2D eigenvalue weighted by Crippen LogP contribution is 2.31. The molecule has 0 atom stereocenters. The van der Waals surface area contributed by atoms with Gasteiger partial charge < -0.3 is 18.8 Å². The zero-order valence-electron chi connectivity index (χ0n) is 12.9. The number of methoxy groups -OCH3 is 2. The molecule has 0 saturated heterocycles. The number of carbonyl (C=O) groups excluding carboxylic acids is 1. The average Bonchev–Trinajstić information content (AvgIpc) is 2.87. The highest BCUT2D eigenvalue weighted by molar-refractivity contribution is 5.89. The number of esters is 1. The Hall–Kier alpha value is -2.17. The lowest BCUT2D eigenvalue weighted by molar-refractivity contribution is -0.145. The Morgan fingerprint density at radius 3 is 2.62 bits per heavy atom. The van der Waals surface area contributed by atoms with E-state index in [2.05, 4.69) is 0 Å². The fraction of sp³-hybridized carbons (Fsp3) is 0.438. The van der Waals surface area contributed by atoms with Crippen LogP contribution in [-0.4, -0.2) is 31.4 Å². The third-order valence-corrected chi connectivity index (χ3v) is 3.16. The zero-order chi connectivity index (χ0) is 15.4. The minimum atomic E-state index is -0.247. The summed E-state index contributed by atoms with van der Waals surface area (Å²) in [6.07, 6.45) is 1.85. The maximum atomic E-state index is 11.9. The van der Waals surface area contributed by atoms with Crippen molar-refractivity contribution in [3.63, 3.8) is 0 Å². The first-order chi connectivity index (χ1) is 10.0. The predicted molar refractivity (Wildman–Crippen MR) is 80.8 cm³/mol.